The van der Waals surface area contributed by atoms with Gasteiger partial charge in [0.15, 0.2) is 0 Å². The van der Waals surface area contributed by atoms with E-state index >= 15 is 0 Å². The zero-order chi connectivity index (χ0) is 12.6. The molecule has 0 aliphatic heterocycles. The van der Waals surface area contributed by atoms with Crippen molar-refractivity contribution in [3.05, 3.63) is 29.3 Å². The van der Waals surface area contributed by atoms with E-state index in [0.717, 1.165) is 31.4 Å². The van der Waals surface area contributed by atoms with Gasteiger partial charge in [-0.3, -0.25) is 4.79 Å². The molecule has 0 heterocycles. The van der Waals surface area contributed by atoms with Crippen molar-refractivity contribution in [1.82, 2.24) is 0 Å². The van der Waals surface area contributed by atoms with E-state index in [9.17, 15) is 9.90 Å². The second kappa shape index (κ2) is 4.30. The van der Waals surface area contributed by atoms with E-state index in [0.29, 0.717) is 6.54 Å². The normalized spacial score (nSPS) is 20.0. The Labute approximate surface area is 107 Å². The molecule has 2 aliphatic carbocycles. The first kappa shape index (κ1) is 11.6. The summed E-state index contributed by atoms with van der Waals surface area (Å²) in [4.78, 5) is 11.3. The molecule has 0 bridgehead atoms. The molecule has 18 heavy (non-hydrogen) atoms. The maximum atomic E-state index is 11.3. The van der Waals surface area contributed by atoms with Crippen LogP contribution in [0.3, 0.4) is 0 Å². The Kier molecular flexibility index (Phi) is 2.77. The van der Waals surface area contributed by atoms with Gasteiger partial charge in [0.1, 0.15) is 0 Å². The van der Waals surface area contributed by atoms with E-state index in [2.05, 4.69) is 23.5 Å². The van der Waals surface area contributed by atoms with Crippen LogP contribution in [-0.4, -0.2) is 17.6 Å². The van der Waals surface area contributed by atoms with Crippen LogP contribution in [0.2, 0.25) is 0 Å². The van der Waals surface area contributed by atoms with Crippen molar-refractivity contribution in [3.63, 3.8) is 0 Å². The minimum Gasteiger partial charge on any atom is -0.481 e. The molecule has 0 unspecified atom stereocenters. The molecule has 0 amide bonds. The number of fused-ring (bicyclic) bond motifs is 1. The van der Waals surface area contributed by atoms with Crippen LogP contribution in [0.5, 0.6) is 0 Å². The van der Waals surface area contributed by atoms with Gasteiger partial charge >= 0.3 is 5.97 Å². The van der Waals surface area contributed by atoms with Crippen molar-refractivity contribution >= 4 is 11.7 Å². The molecule has 2 aliphatic rings. The number of carboxylic acid groups (broad SMARTS) is 1. The Balaban J connectivity index is 1.68. The molecule has 0 saturated heterocycles. The number of carboxylic acids is 1. The summed E-state index contributed by atoms with van der Waals surface area (Å²) in [7, 11) is 0. The second-order valence-electron chi connectivity index (χ2n) is 5.63. The molecule has 0 atom stereocenters. The van der Waals surface area contributed by atoms with Crippen molar-refractivity contribution in [2.24, 2.45) is 5.41 Å². The third kappa shape index (κ3) is 1.88. The second-order valence-corrected chi connectivity index (χ2v) is 5.63. The van der Waals surface area contributed by atoms with Crippen molar-refractivity contribution in [3.8, 4) is 0 Å². The number of carbonyl (C=O) groups is 1. The summed E-state index contributed by atoms with van der Waals surface area (Å²) < 4.78 is 0. The maximum absolute atomic E-state index is 11.3. The van der Waals surface area contributed by atoms with Gasteiger partial charge in [0.2, 0.25) is 0 Å². The molecular weight excluding hydrogens is 226 g/mol. The number of benzene rings is 1. The Morgan fingerprint density at radius 3 is 2.67 bits per heavy atom. The topological polar surface area (TPSA) is 49.3 Å². The lowest BCUT2D eigenvalue weighted by atomic mass is 9.69. The van der Waals surface area contributed by atoms with Gasteiger partial charge in [-0.15, -0.1) is 0 Å². The quantitative estimate of drug-likeness (QED) is 0.857. The number of aliphatic carboxylic acids is 1. The number of aryl methyl sites for hydroxylation is 2. The summed E-state index contributed by atoms with van der Waals surface area (Å²) in [5.41, 5.74) is 3.44. The Hall–Kier alpha value is -1.51. The number of hydrogen-bond acceptors (Lipinski definition) is 2. The van der Waals surface area contributed by atoms with Crippen molar-refractivity contribution in [1.29, 1.82) is 0 Å². The molecule has 1 fully saturated rings. The number of nitrogens with one attached hydrogen (secondary N) is 1. The van der Waals surface area contributed by atoms with E-state index in [1.807, 2.05) is 0 Å². The van der Waals surface area contributed by atoms with Gasteiger partial charge in [-0.1, -0.05) is 12.5 Å². The SMILES string of the molecule is O=C(O)C1(CNc2ccc3c(c2)CCC3)CCC1. The molecule has 3 rings (SSSR count). The van der Waals surface area contributed by atoms with E-state index in [1.54, 1.807) is 0 Å². The minimum absolute atomic E-state index is 0.515. The average Bonchev–Trinajstić information content (AvgIpc) is 2.74. The van der Waals surface area contributed by atoms with Crippen LogP contribution >= 0.6 is 0 Å². The largest absolute Gasteiger partial charge is 0.481 e. The fourth-order valence-corrected chi connectivity index (χ4v) is 3.02. The molecule has 0 aromatic heterocycles. The molecule has 1 saturated carbocycles. The van der Waals surface area contributed by atoms with Crippen molar-refractivity contribution in [2.45, 2.75) is 38.5 Å². The summed E-state index contributed by atoms with van der Waals surface area (Å²) in [5.74, 6) is -0.651. The van der Waals surface area contributed by atoms with E-state index in [-0.39, 0.29) is 0 Å². The zero-order valence-corrected chi connectivity index (χ0v) is 10.5. The predicted molar refractivity (Wildman–Crippen MR) is 70.9 cm³/mol. The molecule has 0 spiro atoms. The fourth-order valence-electron chi connectivity index (χ4n) is 3.02. The van der Waals surface area contributed by atoms with E-state index in [1.165, 1.54) is 24.0 Å². The van der Waals surface area contributed by atoms with Gasteiger partial charge in [-0.25, -0.2) is 0 Å². The summed E-state index contributed by atoms with van der Waals surface area (Å²) in [6.45, 7) is 0.557. The van der Waals surface area contributed by atoms with Crippen LogP contribution in [0.1, 0.15) is 36.8 Å². The summed E-state index contributed by atoms with van der Waals surface area (Å²) >= 11 is 0. The molecular formula is C15H19NO2. The molecule has 1 aromatic rings. The molecule has 96 valence electrons. The monoisotopic (exact) mass is 245 g/mol. The number of anilines is 1. The average molecular weight is 245 g/mol. The first-order chi connectivity index (χ1) is 8.70. The smallest absolute Gasteiger partial charge is 0.311 e. The van der Waals surface area contributed by atoms with Gasteiger partial charge in [0, 0.05) is 12.2 Å². The van der Waals surface area contributed by atoms with Crippen LogP contribution in [0, 0.1) is 5.41 Å². The highest BCUT2D eigenvalue weighted by molar-refractivity contribution is 5.76. The molecule has 1 aromatic carbocycles. The standard InChI is InChI=1S/C15H19NO2/c17-14(18)15(7-2-8-15)10-16-13-6-5-11-3-1-4-12(11)9-13/h5-6,9,16H,1-4,7-8,10H2,(H,17,18). The summed E-state index contributed by atoms with van der Waals surface area (Å²) in [6, 6.07) is 6.45. The Morgan fingerprint density at radius 2 is 2.00 bits per heavy atom. The summed E-state index contributed by atoms with van der Waals surface area (Å²) in [5, 5.41) is 12.6. The van der Waals surface area contributed by atoms with Gasteiger partial charge in [0.05, 0.1) is 5.41 Å². The van der Waals surface area contributed by atoms with E-state index in [4.69, 9.17) is 0 Å². The fraction of sp³-hybridized carbons (Fsp3) is 0.533. The third-order valence-electron chi connectivity index (χ3n) is 4.49. The highest BCUT2D eigenvalue weighted by Crippen LogP contribution is 2.41. The van der Waals surface area contributed by atoms with Crippen molar-refractivity contribution in [2.75, 3.05) is 11.9 Å². The predicted octanol–water partition coefficient (Wildman–Crippen LogP) is 2.84. The van der Waals surface area contributed by atoms with Crippen LogP contribution in [0.25, 0.3) is 0 Å². The lowest BCUT2D eigenvalue weighted by molar-refractivity contribution is -0.153. The minimum atomic E-state index is -0.651. The number of hydrogen-bond donors (Lipinski definition) is 2. The molecule has 0 radical (unpaired) electrons. The van der Waals surface area contributed by atoms with Gasteiger partial charge in [-0.05, 0) is 55.4 Å². The highest BCUT2D eigenvalue weighted by Gasteiger charge is 2.44. The Bertz CT molecular complexity index is 477. The Morgan fingerprint density at radius 1 is 1.22 bits per heavy atom. The zero-order valence-electron chi connectivity index (χ0n) is 10.5. The van der Waals surface area contributed by atoms with Crippen LogP contribution in [0.4, 0.5) is 5.69 Å². The van der Waals surface area contributed by atoms with E-state index < -0.39 is 11.4 Å². The van der Waals surface area contributed by atoms with Gasteiger partial charge in [-0.2, -0.15) is 0 Å². The first-order valence-corrected chi connectivity index (χ1v) is 6.79. The highest BCUT2D eigenvalue weighted by atomic mass is 16.4. The van der Waals surface area contributed by atoms with Crippen molar-refractivity contribution < 1.29 is 9.90 Å². The van der Waals surface area contributed by atoms with Crippen LogP contribution < -0.4 is 5.32 Å². The van der Waals surface area contributed by atoms with Crippen LogP contribution in [0.15, 0.2) is 18.2 Å². The lowest BCUT2D eigenvalue weighted by Crippen LogP contribution is -2.43. The molecule has 2 N–H and O–H groups in total. The van der Waals surface area contributed by atoms with Gasteiger partial charge < -0.3 is 10.4 Å². The lowest BCUT2D eigenvalue weighted by Gasteiger charge is -2.37. The maximum Gasteiger partial charge on any atom is 0.311 e. The third-order valence-corrected chi connectivity index (χ3v) is 4.49. The molecule has 3 heteroatoms. The summed E-state index contributed by atoms with van der Waals surface area (Å²) in [6.07, 6.45) is 6.25. The molecule has 3 nitrogen and oxygen atoms in total. The van der Waals surface area contributed by atoms with Gasteiger partial charge in [0.25, 0.3) is 0 Å². The van der Waals surface area contributed by atoms with Crippen LogP contribution in [-0.2, 0) is 17.6 Å². The number of rotatable bonds is 4. The first-order valence-electron chi connectivity index (χ1n) is 6.79.